The first kappa shape index (κ1) is 18.1. The molecular weight excluding hydrogens is 380 g/mol. The van der Waals surface area contributed by atoms with E-state index in [0.29, 0.717) is 10.9 Å². The Balaban J connectivity index is 1.69. The van der Waals surface area contributed by atoms with Gasteiger partial charge in [-0.05, 0) is 26.0 Å². The summed E-state index contributed by atoms with van der Waals surface area (Å²) >= 11 is 7.10. The van der Waals surface area contributed by atoms with Gasteiger partial charge in [0.2, 0.25) is 11.1 Å². The number of non-ortho nitro benzene ring substituents is 1. The van der Waals surface area contributed by atoms with Gasteiger partial charge in [-0.1, -0.05) is 23.4 Å². The van der Waals surface area contributed by atoms with E-state index in [0.717, 1.165) is 23.1 Å². The summed E-state index contributed by atoms with van der Waals surface area (Å²) in [5, 5.41) is 18.3. The van der Waals surface area contributed by atoms with Gasteiger partial charge in [-0.2, -0.15) is 4.98 Å². The average molecular weight is 393 g/mol. The lowest BCUT2D eigenvalue weighted by Crippen LogP contribution is -2.14. The van der Waals surface area contributed by atoms with Crippen LogP contribution in [-0.4, -0.2) is 36.2 Å². The molecule has 9 nitrogen and oxygen atoms in total. The Morgan fingerprint density at radius 3 is 2.85 bits per heavy atom. The van der Waals surface area contributed by atoms with Crippen LogP contribution in [0.1, 0.15) is 11.4 Å². The van der Waals surface area contributed by atoms with Gasteiger partial charge in [0.05, 0.1) is 21.4 Å². The van der Waals surface area contributed by atoms with Gasteiger partial charge in [-0.3, -0.25) is 14.9 Å². The first-order chi connectivity index (χ1) is 12.3. The number of hydrogen-bond acceptors (Lipinski definition) is 7. The molecule has 2 heterocycles. The third kappa shape index (κ3) is 3.92. The van der Waals surface area contributed by atoms with Crippen LogP contribution in [0.5, 0.6) is 0 Å². The van der Waals surface area contributed by atoms with Crippen LogP contribution in [0, 0.1) is 24.0 Å². The maximum Gasteiger partial charge on any atom is 0.271 e. The molecule has 1 amide bonds. The minimum absolute atomic E-state index is 0.0218. The number of amides is 1. The molecule has 0 atom stereocenters. The number of halogens is 1. The van der Waals surface area contributed by atoms with E-state index in [-0.39, 0.29) is 28.1 Å². The van der Waals surface area contributed by atoms with Crippen molar-refractivity contribution >= 4 is 46.4 Å². The number of nitro groups is 1. The number of nitrogens with one attached hydrogen (secondary N) is 1. The van der Waals surface area contributed by atoms with Crippen molar-refractivity contribution in [2.45, 2.75) is 19.0 Å². The fourth-order valence-corrected chi connectivity index (χ4v) is 3.03. The number of anilines is 1. The molecule has 1 N–H and O–H groups in total. The predicted octanol–water partition coefficient (Wildman–Crippen LogP) is 3.03. The maximum atomic E-state index is 12.1. The SMILES string of the molecule is Cc1cc(C)n2nc(SCC(=O)Nc3cc([N+](=O)[O-])ccc3Cl)nc2n1. The highest BCUT2D eigenvalue weighted by molar-refractivity contribution is 7.99. The number of nitrogens with zero attached hydrogens (tertiary/aromatic N) is 5. The van der Waals surface area contributed by atoms with Gasteiger partial charge in [0, 0.05) is 23.5 Å². The fourth-order valence-electron chi connectivity index (χ4n) is 2.25. The van der Waals surface area contributed by atoms with Crippen LogP contribution in [0.4, 0.5) is 11.4 Å². The van der Waals surface area contributed by atoms with E-state index in [4.69, 9.17) is 11.6 Å². The smallest absolute Gasteiger partial charge is 0.271 e. The molecular formula is C15H13ClN6O3S. The number of nitro benzene ring substituents is 1. The van der Waals surface area contributed by atoms with Crippen LogP contribution >= 0.6 is 23.4 Å². The largest absolute Gasteiger partial charge is 0.324 e. The zero-order valence-electron chi connectivity index (χ0n) is 13.8. The summed E-state index contributed by atoms with van der Waals surface area (Å²) in [6, 6.07) is 5.73. The summed E-state index contributed by atoms with van der Waals surface area (Å²) in [5.74, 6) is 0.109. The highest BCUT2D eigenvalue weighted by atomic mass is 35.5. The first-order valence-electron chi connectivity index (χ1n) is 7.41. The molecule has 1 aromatic carbocycles. The summed E-state index contributed by atoms with van der Waals surface area (Å²) in [5.41, 5.74) is 1.75. The molecule has 0 bridgehead atoms. The molecule has 2 aromatic heterocycles. The Hall–Kier alpha value is -2.72. The highest BCUT2D eigenvalue weighted by Gasteiger charge is 2.14. The summed E-state index contributed by atoms with van der Waals surface area (Å²) in [6.07, 6.45) is 0. The molecule has 0 radical (unpaired) electrons. The van der Waals surface area contributed by atoms with Crippen molar-refractivity contribution in [2.24, 2.45) is 0 Å². The highest BCUT2D eigenvalue weighted by Crippen LogP contribution is 2.27. The summed E-state index contributed by atoms with van der Waals surface area (Å²) in [6.45, 7) is 3.76. The summed E-state index contributed by atoms with van der Waals surface area (Å²) in [4.78, 5) is 30.9. The molecule has 0 unspecified atom stereocenters. The molecule has 11 heteroatoms. The Labute approximate surface area is 156 Å². The zero-order valence-corrected chi connectivity index (χ0v) is 15.3. The lowest BCUT2D eigenvalue weighted by atomic mass is 10.3. The van der Waals surface area contributed by atoms with Gasteiger partial charge < -0.3 is 5.32 Å². The van der Waals surface area contributed by atoms with Crippen molar-refractivity contribution in [1.29, 1.82) is 0 Å². The van der Waals surface area contributed by atoms with E-state index in [1.165, 1.54) is 18.2 Å². The van der Waals surface area contributed by atoms with E-state index >= 15 is 0 Å². The number of aromatic nitrogens is 4. The van der Waals surface area contributed by atoms with Crippen molar-refractivity contribution < 1.29 is 9.72 Å². The fraction of sp³-hybridized carbons (Fsp3) is 0.200. The Morgan fingerprint density at radius 1 is 1.35 bits per heavy atom. The molecule has 134 valence electrons. The average Bonchev–Trinajstić information content (AvgIpc) is 2.98. The molecule has 0 spiro atoms. The van der Waals surface area contributed by atoms with Gasteiger partial charge >= 0.3 is 0 Å². The number of carbonyl (C=O) groups excluding carboxylic acids is 1. The standard InChI is InChI=1S/C15H13ClN6O3S/c1-8-5-9(2)21-14(17-8)19-15(20-21)26-7-13(23)18-12-6-10(22(24)25)3-4-11(12)16/h3-6H,7H2,1-2H3,(H,18,23). The Morgan fingerprint density at radius 2 is 2.12 bits per heavy atom. The van der Waals surface area contributed by atoms with E-state index in [9.17, 15) is 14.9 Å². The maximum absolute atomic E-state index is 12.1. The van der Waals surface area contributed by atoms with Crippen molar-refractivity contribution in [3.05, 3.63) is 50.8 Å². The van der Waals surface area contributed by atoms with E-state index in [1.807, 2.05) is 19.9 Å². The van der Waals surface area contributed by atoms with Crippen molar-refractivity contribution in [3.63, 3.8) is 0 Å². The number of rotatable bonds is 5. The van der Waals surface area contributed by atoms with Crippen LogP contribution in [0.3, 0.4) is 0 Å². The summed E-state index contributed by atoms with van der Waals surface area (Å²) in [7, 11) is 0. The van der Waals surface area contributed by atoms with Crippen molar-refractivity contribution in [2.75, 3.05) is 11.1 Å². The van der Waals surface area contributed by atoms with Crippen LogP contribution < -0.4 is 5.32 Å². The van der Waals surface area contributed by atoms with Crippen LogP contribution in [0.2, 0.25) is 5.02 Å². The minimum Gasteiger partial charge on any atom is -0.324 e. The summed E-state index contributed by atoms with van der Waals surface area (Å²) < 4.78 is 1.60. The molecule has 0 saturated heterocycles. The number of fused-ring (bicyclic) bond motifs is 1. The Bertz CT molecular complexity index is 1020. The van der Waals surface area contributed by atoms with Gasteiger partial charge in [0.15, 0.2) is 0 Å². The van der Waals surface area contributed by atoms with Crippen LogP contribution in [0.25, 0.3) is 5.78 Å². The lowest BCUT2D eigenvalue weighted by molar-refractivity contribution is -0.384. The second-order valence-electron chi connectivity index (χ2n) is 5.40. The van der Waals surface area contributed by atoms with Gasteiger partial charge in [0.1, 0.15) is 0 Å². The molecule has 26 heavy (non-hydrogen) atoms. The molecule has 0 aliphatic rings. The van der Waals surface area contributed by atoms with Crippen LogP contribution in [0.15, 0.2) is 29.4 Å². The van der Waals surface area contributed by atoms with E-state index < -0.39 is 4.92 Å². The van der Waals surface area contributed by atoms with Gasteiger partial charge in [-0.15, -0.1) is 5.10 Å². The molecule has 0 fully saturated rings. The number of thioether (sulfide) groups is 1. The van der Waals surface area contributed by atoms with Crippen molar-refractivity contribution in [1.82, 2.24) is 19.6 Å². The van der Waals surface area contributed by atoms with Gasteiger partial charge in [0.25, 0.3) is 11.5 Å². The monoisotopic (exact) mass is 392 g/mol. The second kappa shape index (κ2) is 7.26. The van der Waals surface area contributed by atoms with Crippen molar-refractivity contribution in [3.8, 4) is 0 Å². The van der Waals surface area contributed by atoms with E-state index in [1.54, 1.807) is 4.52 Å². The number of aryl methyl sites for hydroxylation is 2. The number of carbonyl (C=O) groups is 1. The predicted molar refractivity (Wildman–Crippen MR) is 97.7 cm³/mol. The number of benzene rings is 1. The quantitative estimate of drug-likeness (QED) is 0.403. The minimum atomic E-state index is -0.557. The topological polar surface area (TPSA) is 115 Å². The van der Waals surface area contributed by atoms with E-state index in [2.05, 4.69) is 20.4 Å². The first-order valence-corrected chi connectivity index (χ1v) is 8.77. The zero-order chi connectivity index (χ0) is 18.8. The molecule has 0 saturated carbocycles. The molecule has 3 aromatic rings. The van der Waals surface area contributed by atoms with Crippen LogP contribution in [-0.2, 0) is 4.79 Å². The van der Waals surface area contributed by atoms with Gasteiger partial charge in [-0.25, -0.2) is 9.50 Å². The second-order valence-corrected chi connectivity index (χ2v) is 6.75. The third-order valence-corrected chi connectivity index (χ3v) is 4.53. The third-order valence-electron chi connectivity index (χ3n) is 3.37. The normalized spacial score (nSPS) is 10.9. The molecule has 0 aliphatic carbocycles. The Kier molecular flexibility index (Phi) is 5.05. The molecule has 3 rings (SSSR count). The lowest BCUT2D eigenvalue weighted by Gasteiger charge is -2.06. The molecule has 0 aliphatic heterocycles. The number of hydrogen-bond donors (Lipinski definition) is 1.